The van der Waals surface area contributed by atoms with Crippen LogP contribution in [0.25, 0.3) is 10.9 Å². The Morgan fingerprint density at radius 2 is 1.94 bits per heavy atom. The number of aromatic nitrogens is 1. The van der Waals surface area contributed by atoms with E-state index in [9.17, 15) is 17.6 Å². The lowest BCUT2D eigenvalue weighted by Gasteiger charge is -2.07. The number of halogens is 4. The van der Waals surface area contributed by atoms with Crippen molar-refractivity contribution < 1.29 is 22.7 Å². The van der Waals surface area contributed by atoms with Gasteiger partial charge in [0.15, 0.2) is 0 Å². The number of alkyl halides is 3. The molecule has 1 aromatic carbocycles. The van der Waals surface area contributed by atoms with Gasteiger partial charge in [-0.1, -0.05) is 0 Å². The molecule has 2 N–H and O–H groups in total. The summed E-state index contributed by atoms with van der Waals surface area (Å²) in [7, 11) is 0. The first-order valence-electron chi connectivity index (χ1n) is 5.41. The number of aliphatic hydroxyl groups excluding tert-OH is 1. The standard InChI is InChI=1S/C12H11F4NO/c13-7-3-4-8-9(2-1-5-18)11(12(14,15)16)17-10(8)6-7/h3-4,6,17-18H,1-2,5H2. The number of rotatable bonds is 3. The minimum atomic E-state index is -4.51. The second kappa shape index (κ2) is 4.61. The second-order valence-electron chi connectivity index (χ2n) is 3.99. The van der Waals surface area contributed by atoms with Gasteiger partial charge in [0.25, 0.3) is 0 Å². The van der Waals surface area contributed by atoms with Crippen LogP contribution < -0.4 is 0 Å². The maximum atomic E-state index is 13.0. The van der Waals surface area contributed by atoms with Crippen molar-refractivity contribution >= 4 is 10.9 Å². The summed E-state index contributed by atoms with van der Waals surface area (Å²) in [5, 5.41) is 9.07. The Kier molecular flexibility index (Phi) is 3.30. The van der Waals surface area contributed by atoms with E-state index >= 15 is 0 Å². The maximum Gasteiger partial charge on any atom is 0.431 e. The van der Waals surface area contributed by atoms with Crippen LogP contribution in [0.5, 0.6) is 0 Å². The van der Waals surface area contributed by atoms with Gasteiger partial charge in [-0.15, -0.1) is 0 Å². The van der Waals surface area contributed by atoms with E-state index in [-0.39, 0.29) is 30.5 Å². The number of aryl methyl sites for hydroxylation is 1. The van der Waals surface area contributed by atoms with Gasteiger partial charge in [0.05, 0.1) is 0 Å². The highest BCUT2D eigenvalue weighted by Gasteiger charge is 2.36. The lowest BCUT2D eigenvalue weighted by Crippen LogP contribution is -2.09. The third-order valence-corrected chi connectivity index (χ3v) is 2.74. The van der Waals surface area contributed by atoms with Gasteiger partial charge < -0.3 is 10.1 Å². The summed E-state index contributed by atoms with van der Waals surface area (Å²) in [5.74, 6) is -0.591. The molecule has 0 saturated heterocycles. The average Bonchev–Trinajstić information content (AvgIpc) is 2.63. The van der Waals surface area contributed by atoms with E-state index in [2.05, 4.69) is 4.98 Å². The molecule has 2 nitrogen and oxygen atoms in total. The molecule has 1 heterocycles. The Bertz CT molecular complexity index is 559. The van der Waals surface area contributed by atoms with E-state index in [1.807, 2.05) is 0 Å². The average molecular weight is 261 g/mol. The molecule has 0 bridgehead atoms. The number of hydrogen-bond donors (Lipinski definition) is 2. The summed E-state index contributed by atoms with van der Waals surface area (Å²) in [6, 6.07) is 3.48. The van der Waals surface area contributed by atoms with Crippen molar-refractivity contribution in [1.82, 2.24) is 4.98 Å². The van der Waals surface area contributed by atoms with Crippen LogP contribution in [-0.2, 0) is 12.6 Å². The van der Waals surface area contributed by atoms with Crippen molar-refractivity contribution in [3.05, 3.63) is 35.3 Å². The molecule has 0 aliphatic carbocycles. The molecule has 0 spiro atoms. The molecule has 0 radical (unpaired) electrons. The molecule has 0 aliphatic rings. The molecule has 18 heavy (non-hydrogen) atoms. The van der Waals surface area contributed by atoms with E-state index in [4.69, 9.17) is 5.11 Å². The molecule has 0 atom stereocenters. The first-order chi connectivity index (χ1) is 8.43. The van der Waals surface area contributed by atoms with Crippen LogP contribution in [0.3, 0.4) is 0 Å². The van der Waals surface area contributed by atoms with E-state index < -0.39 is 17.7 Å². The zero-order valence-corrected chi connectivity index (χ0v) is 9.31. The van der Waals surface area contributed by atoms with Crippen molar-refractivity contribution in [2.75, 3.05) is 6.61 Å². The molecule has 0 amide bonds. The van der Waals surface area contributed by atoms with Gasteiger partial charge in [-0.2, -0.15) is 13.2 Å². The summed E-state index contributed by atoms with van der Waals surface area (Å²) < 4.78 is 51.5. The Hall–Kier alpha value is -1.56. The molecule has 2 aromatic rings. The minimum Gasteiger partial charge on any atom is -0.396 e. The molecule has 6 heteroatoms. The number of nitrogens with one attached hydrogen (secondary N) is 1. The zero-order chi connectivity index (χ0) is 13.3. The summed E-state index contributed by atoms with van der Waals surface area (Å²) in [6.45, 7) is -0.189. The number of hydrogen-bond acceptors (Lipinski definition) is 1. The Labute approximate surface area is 100 Å². The third kappa shape index (κ3) is 2.33. The van der Waals surface area contributed by atoms with Crippen molar-refractivity contribution in [3.63, 3.8) is 0 Å². The van der Waals surface area contributed by atoms with E-state index in [1.165, 1.54) is 6.07 Å². The molecule has 2 rings (SSSR count). The smallest absolute Gasteiger partial charge is 0.396 e. The largest absolute Gasteiger partial charge is 0.431 e. The highest BCUT2D eigenvalue weighted by atomic mass is 19.4. The first-order valence-corrected chi connectivity index (χ1v) is 5.41. The quantitative estimate of drug-likeness (QED) is 0.817. The second-order valence-corrected chi connectivity index (χ2v) is 3.99. The number of aliphatic hydroxyl groups is 1. The highest BCUT2D eigenvalue weighted by Crippen LogP contribution is 2.36. The highest BCUT2D eigenvalue weighted by molar-refractivity contribution is 5.85. The predicted molar refractivity (Wildman–Crippen MR) is 58.7 cm³/mol. The monoisotopic (exact) mass is 261 g/mol. The van der Waals surface area contributed by atoms with Crippen LogP contribution >= 0.6 is 0 Å². The van der Waals surface area contributed by atoms with Crippen molar-refractivity contribution in [3.8, 4) is 0 Å². The van der Waals surface area contributed by atoms with Crippen LogP contribution in [0.1, 0.15) is 17.7 Å². The van der Waals surface area contributed by atoms with Gasteiger partial charge in [0.1, 0.15) is 11.5 Å². The molecule has 1 aromatic heterocycles. The first kappa shape index (κ1) is 12.9. The summed E-state index contributed by atoms with van der Waals surface area (Å²) in [5.41, 5.74) is -0.668. The molecular weight excluding hydrogens is 250 g/mol. The maximum absolute atomic E-state index is 13.0. The zero-order valence-electron chi connectivity index (χ0n) is 9.31. The van der Waals surface area contributed by atoms with Crippen LogP contribution in [0, 0.1) is 5.82 Å². The lowest BCUT2D eigenvalue weighted by molar-refractivity contribution is -0.141. The number of aromatic amines is 1. The molecule has 0 unspecified atom stereocenters. The summed E-state index contributed by atoms with van der Waals surface area (Å²) >= 11 is 0. The van der Waals surface area contributed by atoms with Gasteiger partial charge in [-0.25, -0.2) is 4.39 Å². The van der Waals surface area contributed by atoms with Crippen LogP contribution in [-0.4, -0.2) is 16.7 Å². The number of fused-ring (bicyclic) bond motifs is 1. The third-order valence-electron chi connectivity index (χ3n) is 2.74. The van der Waals surface area contributed by atoms with Gasteiger partial charge >= 0.3 is 6.18 Å². The molecule has 0 saturated carbocycles. The van der Waals surface area contributed by atoms with E-state index in [0.29, 0.717) is 5.39 Å². The van der Waals surface area contributed by atoms with Crippen LogP contribution in [0.4, 0.5) is 17.6 Å². The van der Waals surface area contributed by atoms with E-state index in [0.717, 1.165) is 12.1 Å². The van der Waals surface area contributed by atoms with Crippen molar-refractivity contribution in [2.45, 2.75) is 19.0 Å². The van der Waals surface area contributed by atoms with Crippen molar-refractivity contribution in [1.29, 1.82) is 0 Å². The fourth-order valence-corrected chi connectivity index (χ4v) is 1.99. The lowest BCUT2D eigenvalue weighted by atomic mass is 10.1. The molecule has 98 valence electrons. The van der Waals surface area contributed by atoms with Crippen molar-refractivity contribution in [2.24, 2.45) is 0 Å². The van der Waals surface area contributed by atoms with Gasteiger partial charge in [-0.05, 0) is 36.6 Å². The van der Waals surface area contributed by atoms with Crippen LogP contribution in [0.15, 0.2) is 18.2 Å². The Morgan fingerprint density at radius 1 is 1.22 bits per heavy atom. The minimum absolute atomic E-state index is 0.0755. The van der Waals surface area contributed by atoms with Gasteiger partial charge in [0.2, 0.25) is 0 Å². The fourth-order valence-electron chi connectivity index (χ4n) is 1.99. The molecular formula is C12H11F4NO. The van der Waals surface area contributed by atoms with Crippen LogP contribution in [0.2, 0.25) is 0 Å². The normalized spacial score (nSPS) is 12.3. The van der Waals surface area contributed by atoms with Gasteiger partial charge in [-0.3, -0.25) is 0 Å². The van der Waals surface area contributed by atoms with Gasteiger partial charge in [0, 0.05) is 17.5 Å². The molecule has 0 aliphatic heterocycles. The van der Waals surface area contributed by atoms with E-state index in [1.54, 1.807) is 0 Å². The predicted octanol–water partition coefficient (Wildman–Crippen LogP) is 3.25. The fraction of sp³-hybridized carbons (Fsp3) is 0.333. The Balaban J connectivity index is 2.60. The number of H-pyrrole nitrogens is 1. The number of benzene rings is 1. The SMILES string of the molecule is OCCCc1c(C(F)(F)F)[nH]c2cc(F)ccc12. The topological polar surface area (TPSA) is 36.0 Å². The summed E-state index contributed by atoms with van der Waals surface area (Å²) in [6.07, 6.45) is -4.19. The Morgan fingerprint density at radius 3 is 2.56 bits per heavy atom. The summed E-state index contributed by atoms with van der Waals surface area (Å²) in [4.78, 5) is 2.21. The molecule has 0 fully saturated rings.